The lowest BCUT2D eigenvalue weighted by molar-refractivity contribution is -0.124. The minimum absolute atomic E-state index is 0.0150. The predicted octanol–water partition coefficient (Wildman–Crippen LogP) is 3.50. The molecule has 0 aliphatic carbocycles. The first-order valence-corrected chi connectivity index (χ1v) is 9.01. The molecule has 1 aliphatic rings. The van der Waals surface area contributed by atoms with Crippen molar-refractivity contribution in [3.63, 3.8) is 0 Å². The topological polar surface area (TPSA) is 41.6 Å². The summed E-state index contributed by atoms with van der Waals surface area (Å²) in [6.07, 6.45) is 2.09. The largest absolute Gasteiger partial charge is 0.482 e. The van der Waals surface area contributed by atoms with Gasteiger partial charge >= 0.3 is 0 Å². The van der Waals surface area contributed by atoms with Crippen LogP contribution in [0.15, 0.2) is 54.6 Å². The molecule has 132 valence electrons. The number of halogens is 1. The van der Waals surface area contributed by atoms with Crippen LogP contribution in [0.4, 0.5) is 0 Å². The van der Waals surface area contributed by atoms with E-state index in [0.29, 0.717) is 10.8 Å². The number of nitrogens with zero attached hydrogens (tertiary/aromatic N) is 1. The highest BCUT2D eigenvalue weighted by Gasteiger charge is 2.21. The quantitative estimate of drug-likeness (QED) is 0.859. The van der Waals surface area contributed by atoms with Crippen LogP contribution in [0, 0.1) is 0 Å². The number of amides is 1. The molecular weight excluding hydrogens is 336 g/mol. The molecule has 1 amide bonds. The number of para-hydroxylation sites is 1. The van der Waals surface area contributed by atoms with Crippen LogP contribution in [0.1, 0.15) is 18.4 Å². The Morgan fingerprint density at radius 1 is 1.16 bits per heavy atom. The van der Waals surface area contributed by atoms with Gasteiger partial charge in [-0.15, -0.1) is 0 Å². The van der Waals surface area contributed by atoms with Crippen molar-refractivity contribution in [2.24, 2.45) is 0 Å². The molecule has 5 heteroatoms. The Morgan fingerprint density at radius 3 is 2.72 bits per heavy atom. The fourth-order valence-electron chi connectivity index (χ4n) is 3.13. The van der Waals surface area contributed by atoms with Crippen LogP contribution >= 0.6 is 11.6 Å². The minimum Gasteiger partial charge on any atom is -0.482 e. The van der Waals surface area contributed by atoms with Gasteiger partial charge in [-0.3, -0.25) is 9.69 Å². The molecule has 0 spiro atoms. The summed E-state index contributed by atoms with van der Waals surface area (Å²) in [4.78, 5) is 14.6. The smallest absolute Gasteiger partial charge is 0.258 e. The van der Waals surface area contributed by atoms with E-state index in [1.54, 1.807) is 12.1 Å². The van der Waals surface area contributed by atoms with Crippen molar-refractivity contribution in [3.8, 4) is 5.75 Å². The molecule has 1 unspecified atom stereocenters. The SMILES string of the molecule is O=C(COc1ccccc1Cl)NC1CCCN(Cc2ccccc2)C1. The van der Waals surface area contributed by atoms with Gasteiger partial charge in [0.2, 0.25) is 0 Å². The molecule has 3 rings (SSSR count). The molecule has 1 aliphatic heterocycles. The fourth-order valence-corrected chi connectivity index (χ4v) is 3.32. The van der Waals surface area contributed by atoms with Gasteiger partial charge in [-0.05, 0) is 37.1 Å². The summed E-state index contributed by atoms with van der Waals surface area (Å²) >= 11 is 6.03. The van der Waals surface area contributed by atoms with Crippen LogP contribution in [0.3, 0.4) is 0 Å². The second kappa shape index (κ2) is 8.88. The summed E-state index contributed by atoms with van der Waals surface area (Å²) in [6.45, 7) is 2.84. The number of piperidine rings is 1. The van der Waals surface area contributed by atoms with Crippen LogP contribution in [0.25, 0.3) is 0 Å². The van der Waals surface area contributed by atoms with Crippen LogP contribution < -0.4 is 10.1 Å². The maximum absolute atomic E-state index is 12.2. The van der Waals surface area contributed by atoms with E-state index in [2.05, 4.69) is 34.5 Å². The maximum atomic E-state index is 12.2. The third-order valence-corrected chi connectivity index (χ3v) is 4.63. The Morgan fingerprint density at radius 2 is 1.92 bits per heavy atom. The summed E-state index contributed by atoms with van der Waals surface area (Å²) in [5, 5.41) is 3.59. The zero-order valence-corrected chi connectivity index (χ0v) is 14.9. The molecule has 1 fully saturated rings. The molecule has 1 saturated heterocycles. The van der Waals surface area contributed by atoms with Crippen molar-refractivity contribution in [2.75, 3.05) is 19.7 Å². The van der Waals surface area contributed by atoms with E-state index in [0.717, 1.165) is 32.5 Å². The molecule has 2 aromatic carbocycles. The van der Waals surface area contributed by atoms with E-state index >= 15 is 0 Å². The third kappa shape index (κ3) is 5.48. The molecule has 1 N–H and O–H groups in total. The summed E-state index contributed by atoms with van der Waals surface area (Å²) in [5.41, 5.74) is 1.30. The summed E-state index contributed by atoms with van der Waals surface area (Å²) in [7, 11) is 0. The molecule has 0 saturated carbocycles. The highest BCUT2D eigenvalue weighted by molar-refractivity contribution is 6.32. The average molecular weight is 359 g/mol. The lowest BCUT2D eigenvalue weighted by atomic mass is 10.0. The molecule has 2 aromatic rings. The Balaban J connectivity index is 1.45. The first kappa shape index (κ1) is 17.8. The predicted molar refractivity (Wildman–Crippen MR) is 99.8 cm³/mol. The Kier molecular flexibility index (Phi) is 6.31. The van der Waals surface area contributed by atoms with Gasteiger partial charge in [0.15, 0.2) is 6.61 Å². The summed E-state index contributed by atoms with van der Waals surface area (Å²) in [5.74, 6) is 0.431. The Labute approximate surface area is 153 Å². The molecular formula is C20H23ClN2O2. The van der Waals surface area contributed by atoms with E-state index in [-0.39, 0.29) is 18.6 Å². The van der Waals surface area contributed by atoms with Crippen LogP contribution in [0.5, 0.6) is 5.75 Å². The van der Waals surface area contributed by atoms with Gasteiger partial charge in [0, 0.05) is 19.1 Å². The van der Waals surface area contributed by atoms with E-state index in [1.165, 1.54) is 5.56 Å². The number of benzene rings is 2. The number of hydrogen-bond donors (Lipinski definition) is 1. The number of hydrogen-bond acceptors (Lipinski definition) is 3. The number of ether oxygens (including phenoxy) is 1. The van der Waals surface area contributed by atoms with Gasteiger partial charge < -0.3 is 10.1 Å². The average Bonchev–Trinajstić information content (AvgIpc) is 2.62. The van der Waals surface area contributed by atoms with Gasteiger partial charge in [-0.1, -0.05) is 54.1 Å². The number of carbonyl (C=O) groups excluding carboxylic acids is 1. The van der Waals surface area contributed by atoms with E-state index in [4.69, 9.17) is 16.3 Å². The summed E-state index contributed by atoms with van der Waals surface area (Å²) in [6, 6.07) is 17.8. The van der Waals surface area contributed by atoms with Crippen molar-refractivity contribution in [1.29, 1.82) is 0 Å². The fraction of sp³-hybridized carbons (Fsp3) is 0.350. The normalized spacial score (nSPS) is 17.9. The van der Waals surface area contributed by atoms with Crippen LogP contribution in [-0.4, -0.2) is 36.5 Å². The zero-order valence-electron chi connectivity index (χ0n) is 14.2. The molecule has 1 heterocycles. The summed E-state index contributed by atoms with van der Waals surface area (Å²) < 4.78 is 5.51. The number of nitrogens with one attached hydrogen (secondary N) is 1. The first-order valence-electron chi connectivity index (χ1n) is 8.63. The number of likely N-dealkylation sites (tertiary alicyclic amines) is 1. The standard InChI is InChI=1S/C20H23ClN2O2/c21-18-10-4-5-11-19(18)25-15-20(24)22-17-9-6-12-23(14-17)13-16-7-2-1-3-8-16/h1-5,7-8,10-11,17H,6,9,12-15H2,(H,22,24). The van der Waals surface area contributed by atoms with Crippen molar-refractivity contribution >= 4 is 17.5 Å². The zero-order chi connectivity index (χ0) is 17.5. The van der Waals surface area contributed by atoms with E-state index in [1.807, 2.05) is 18.2 Å². The number of carbonyl (C=O) groups is 1. The molecule has 0 radical (unpaired) electrons. The molecule has 1 atom stereocenters. The van der Waals surface area contributed by atoms with Gasteiger partial charge in [-0.2, -0.15) is 0 Å². The van der Waals surface area contributed by atoms with Crippen molar-refractivity contribution in [2.45, 2.75) is 25.4 Å². The first-order chi connectivity index (χ1) is 12.2. The van der Waals surface area contributed by atoms with Crippen LogP contribution in [0.2, 0.25) is 5.02 Å². The highest BCUT2D eigenvalue weighted by Crippen LogP contribution is 2.22. The second-order valence-corrected chi connectivity index (χ2v) is 6.75. The Hall–Kier alpha value is -2.04. The van der Waals surface area contributed by atoms with Gasteiger partial charge in [0.05, 0.1) is 5.02 Å². The van der Waals surface area contributed by atoms with Crippen molar-refractivity contribution in [1.82, 2.24) is 10.2 Å². The second-order valence-electron chi connectivity index (χ2n) is 6.35. The van der Waals surface area contributed by atoms with Gasteiger partial charge in [-0.25, -0.2) is 0 Å². The lowest BCUT2D eigenvalue weighted by Crippen LogP contribution is -2.48. The maximum Gasteiger partial charge on any atom is 0.258 e. The van der Waals surface area contributed by atoms with Gasteiger partial charge in [0.25, 0.3) is 5.91 Å². The lowest BCUT2D eigenvalue weighted by Gasteiger charge is -2.33. The van der Waals surface area contributed by atoms with Crippen LogP contribution in [-0.2, 0) is 11.3 Å². The minimum atomic E-state index is -0.105. The number of rotatable bonds is 6. The molecule has 25 heavy (non-hydrogen) atoms. The van der Waals surface area contributed by atoms with E-state index < -0.39 is 0 Å². The van der Waals surface area contributed by atoms with Crippen molar-refractivity contribution < 1.29 is 9.53 Å². The van der Waals surface area contributed by atoms with Gasteiger partial charge in [0.1, 0.15) is 5.75 Å². The third-order valence-electron chi connectivity index (χ3n) is 4.32. The Bertz CT molecular complexity index is 693. The molecule has 0 aromatic heterocycles. The molecule has 0 bridgehead atoms. The monoisotopic (exact) mass is 358 g/mol. The highest BCUT2D eigenvalue weighted by atomic mass is 35.5. The van der Waals surface area contributed by atoms with Crippen molar-refractivity contribution in [3.05, 3.63) is 65.2 Å². The molecule has 4 nitrogen and oxygen atoms in total. The van der Waals surface area contributed by atoms with E-state index in [9.17, 15) is 4.79 Å².